The zero-order chi connectivity index (χ0) is 13.1. The van der Waals surface area contributed by atoms with Gasteiger partial charge in [0, 0.05) is 13.2 Å². The molecule has 0 heterocycles. The average Bonchev–Trinajstić information content (AvgIpc) is 2.19. The zero-order valence-electron chi connectivity index (χ0n) is 10.9. The highest BCUT2D eigenvalue weighted by Crippen LogP contribution is 2.06. The van der Waals surface area contributed by atoms with E-state index >= 15 is 0 Å². The first kappa shape index (κ1) is 15.7. The Hall–Kier alpha value is -1.28. The number of ether oxygens (including phenoxy) is 2. The van der Waals surface area contributed by atoms with Gasteiger partial charge in [-0.05, 0) is 40.0 Å². The van der Waals surface area contributed by atoms with Gasteiger partial charge in [-0.15, -0.1) is 0 Å². The first-order valence-corrected chi connectivity index (χ1v) is 5.87. The van der Waals surface area contributed by atoms with Gasteiger partial charge in [-0.1, -0.05) is 0 Å². The van der Waals surface area contributed by atoms with Crippen molar-refractivity contribution in [1.29, 1.82) is 5.26 Å². The van der Waals surface area contributed by atoms with E-state index in [9.17, 15) is 4.79 Å². The fraction of sp³-hybridized carbons (Fsp3) is 0.833. The number of amides is 1. The summed E-state index contributed by atoms with van der Waals surface area (Å²) in [5.41, 5.74) is -0.449. The van der Waals surface area contributed by atoms with Crippen LogP contribution in [0.2, 0.25) is 0 Å². The fourth-order valence-corrected chi connectivity index (χ4v) is 1.13. The Kier molecular flexibility index (Phi) is 8.16. The minimum Gasteiger partial charge on any atom is -0.444 e. The fourth-order valence-electron chi connectivity index (χ4n) is 1.13. The number of alkyl carbamates (subject to hydrolysis) is 1. The molecule has 0 aromatic heterocycles. The summed E-state index contributed by atoms with van der Waals surface area (Å²) in [7, 11) is 0. The van der Waals surface area contributed by atoms with E-state index in [1.165, 1.54) is 0 Å². The molecule has 5 heteroatoms. The van der Waals surface area contributed by atoms with Gasteiger partial charge in [-0.3, -0.25) is 0 Å². The lowest BCUT2D eigenvalue weighted by atomic mass is 10.2. The van der Waals surface area contributed by atoms with Gasteiger partial charge in [0.15, 0.2) is 0 Å². The lowest BCUT2D eigenvalue weighted by Crippen LogP contribution is -2.33. The number of nitrogens with zero attached hydrogens (tertiary/aromatic N) is 1. The molecule has 0 atom stereocenters. The van der Waals surface area contributed by atoms with E-state index in [1.54, 1.807) is 0 Å². The van der Waals surface area contributed by atoms with Crippen molar-refractivity contribution in [3.63, 3.8) is 0 Å². The molecule has 1 amide bonds. The van der Waals surface area contributed by atoms with Gasteiger partial charge >= 0.3 is 6.09 Å². The Bertz CT molecular complexity index is 253. The average molecular weight is 242 g/mol. The Morgan fingerprint density at radius 2 is 2.00 bits per heavy atom. The highest BCUT2D eigenvalue weighted by molar-refractivity contribution is 5.67. The van der Waals surface area contributed by atoms with Gasteiger partial charge in [-0.25, -0.2) is 4.79 Å². The van der Waals surface area contributed by atoms with Crippen LogP contribution in [0.25, 0.3) is 0 Å². The predicted molar refractivity (Wildman–Crippen MR) is 64.5 cm³/mol. The lowest BCUT2D eigenvalue weighted by molar-refractivity contribution is 0.0526. The number of rotatable bonds is 7. The van der Waals surface area contributed by atoms with Crippen LogP contribution >= 0.6 is 0 Å². The summed E-state index contributed by atoms with van der Waals surface area (Å²) in [6.45, 7) is 6.85. The maximum Gasteiger partial charge on any atom is 0.407 e. The van der Waals surface area contributed by atoms with Gasteiger partial charge in [-0.2, -0.15) is 5.26 Å². The van der Waals surface area contributed by atoms with E-state index in [4.69, 9.17) is 14.7 Å². The second-order valence-corrected chi connectivity index (χ2v) is 4.70. The summed E-state index contributed by atoms with van der Waals surface area (Å²) in [6.07, 6.45) is 2.37. The second kappa shape index (κ2) is 8.82. The van der Waals surface area contributed by atoms with Gasteiger partial charge in [0.05, 0.1) is 6.07 Å². The number of nitrogens with one attached hydrogen (secondary N) is 1. The molecule has 98 valence electrons. The van der Waals surface area contributed by atoms with Gasteiger partial charge < -0.3 is 14.8 Å². The highest BCUT2D eigenvalue weighted by atomic mass is 16.6. The third-order valence-corrected chi connectivity index (χ3v) is 1.80. The summed E-state index contributed by atoms with van der Waals surface area (Å²) in [6, 6.07) is 1.91. The van der Waals surface area contributed by atoms with Crippen molar-refractivity contribution in [2.45, 2.75) is 45.6 Å². The van der Waals surface area contributed by atoms with Gasteiger partial charge in [0.2, 0.25) is 0 Å². The van der Waals surface area contributed by atoms with Crippen LogP contribution in [-0.4, -0.2) is 31.5 Å². The molecule has 1 N–H and O–H groups in total. The topological polar surface area (TPSA) is 71.3 Å². The van der Waals surface area contributed by atoms with E-state index in [1.807, 2.05) is 26.8 Å². The standard InChI is InChI=1S/C12H22N2O3/c1-12(2,3)17-11(15)14-8-5-4-6-9-16-10-7-13/h4-6,8-10H2,1-3H3,(H,14,15). The molecule has 0 spiro atoms. The van der Waals surface area contributed by atoms with Crippen LogP contribution in [0.15, 0.2) is 0 Å². The third-order valence-electron chi connectivity index (χ3n) is 1.80. The maximum absolute atomic E-state index is 11.2. The Balaban J connectivity index is 3.29. The van der Waals surface area contributed by atoms with Crippen molar-refractivity contribution in [2.75, 3.05) is 19.8 Å². The largest absolute Gasteiger partial charge is 0.444 e. The van der Waals surface area contributed by atoms with E-state index in [2.05, 4.69) is 5.32 Å². The zero-order valence-corrected chi connectivity index (χ0v) is 10.9. The predicted octanol–water partition coefficient (Wildman–Crippen LogP) is 2.22. The first-order valence-electron chi connectivity index (χ1n) is 5.87. The number of hydrogen-bond donors (Lipinski definition) is 1. The second-order valence-electron chi connectivity index (χ2n) is 4.70. The molecule has 0 aliphatic heterocycles. The maximum atomic E-state index is 11.2. The van der Waals surface area contributed by atoms with Crippen molar-refractivity contribution in [3.05, 3.63) is 0 Å². The molecule has 0 unspecified atom stereocenters. The van der Waals surface area contributed by atoms with Crippen molar-refractivity contribution >= 4 is 6.09 Å². The number of hydrogen-bond acceptors (Lipinski definition) is 4. The van der Waals surface area contributed by atoms with Gasteiger partial charge in [0.1, 0.15) is 12.2 Å². The number of unbranched alkanes of at least 4 members (excludes halogenated alkanes) is 2. The van der Waals surface area contributed by atoms with Crippen molar-refractivity contribution in [3.8, 4) is 6.07 Å². The van der Waals surface area contributed by atoms with E-state index in [-0.39, 0.29) is 12.7 Å². The van der Waals surface area contributed by atoms with Crippen LogP contribution < -0.4 is 5.32 Å². The molecule has 0 aliphatic rings. The van der Waals surface area contributed by atoms with Crippen molar-refractivity contribution in [1.82, 2.24) is 5.32 Å². The molecule has 0 bridgehead atoms. The molecular formula is C12H22N2O3. The summed E-state index contributed by atoms with van der Waals surface area (Å²) < 4.78 is 10.1. The smallest absolute Gasteiger partial charge is 0.407 e. The molecule has 0 saturated heterocycles. The number of carbonyl (C=O) groups excluding carboxylic acids is 1. The monoisotopic (exact) mass is 242 g/mol. The molecule has 17 heavy (non-hydrogen) atoms. The first-order chi connectivity index (χ1) is 7.95. The molecular weight excluding hydrogens is 220 g/mol. The molecule has 0 aromatic carbocycles. The van der Waals surface area contributed by atoms with E-state index in [0.717, 1.165) is 19.3 Å². The summed E-state index contributed by atoms with van der Waals surface area (Å²) in [4.78, 5) is 11.2. The summed E-state index contributed by atoms with van der Waals surface area (Å²) in [5, 5.41) is 10.9. The Morgan fingerprint density at radius 3 is 2.59 bits per heavy atom. The molecule has 0 saturated carbocycles. The van der Waals surface area contributed by atoms with Crippen LogP contribution in [0.3, 0.4) is 0 Å². The molecule has 0 rings (SSSR count). The number of nitriles is 1. The van der Waals surface area contributed by atoms with Gasteiger partial charge in [0.25, 0.3) is 0 Å². The SMILES string of the molecule is CC(C)(C)OC(=O)NCCCCCOCC#N. The normalized spacial score (nSPS) is 10.7. The Morgan fingerprint density at radius 1 is 1.29 bits per heavy atom. The van der Waals surface area contributed by atoms with Crippen molar-refractivity contribution in [2.24, 2.45) is 0 Å². The summed E-state index contributed by atoms with van der Waals surface area (Å²) >= 11 is 0. The van der Waals surface area contributed by atoms with E-state index in [0.29, 0.717) is 13.2 Å². The van der Waals surface area contributed by atoms with E-state index < -0.39 is 5.60 Å². The van der Waals surface area contributed by atoms with Crippen molar-refractivity contribution < 1.29 is 14.3 Å². The van der Waals surface area contributed by atoms with Crippen LogP contribution in [0.1, 0.15) is 40.0 Å². The number of carbonyl (C=O) groups is 1. The van der Waals surface area contributed by atoms with Crippen LogP contribution in [0.5, 0.6) is 0 Å². The Labute approximate surface area is 103 Å². The molecule has 0 aromatic rings. The van der Waals surface area contributed by atoms with Crippen LogP contribution in [0, 0.1) is 11.3 Å². The molecule has 5 nitrogen and oxygen atoms in total. The molecule has 0 radical (unpaired) electrons. The molecule has 0 aliphatic carbocycles. The minimum absolute atomic E-state index is 0.149. The van der Waals surface area contributed by atoms with Crippen LogP contribution in [0.4, 0.5) is 4.79 Å². The quantitative estimate of drug-likeness (QED) is 0.695. The third kappa shape index (κ3) is 12.7. The lowest BCUT2D eigenvalue weighted by Gasteiger charge is -2.19. The highest BCUT2D eigenvalue weighted by Gasteiger charge is 2.15. The molecule has 0 fully saturated rings. The summed E-state index contributed by atoms with van der Waals surface area (Å²) in [5.74, 6) is 0. The minimum atomic E-state index is -0.449. The van der Waals surface area contributed by atoms with Crippen LogP contribution in [-0.2, 0) is 9.47 Å².